The molecule has 1 saturated heterocycles. The third kappa shape index (κ3) is 2.48. The van der Waals surface area contributed by atoms with Crippen molar-refractivity contribution >= 4 is 0 Å². The Balaban J connectivity index is 2.45. The zero-order valence-electron chi connectivity index (χ0n) is 8.98. The minimum absolute atomic E-state index is 0.476. The summed E-state index contributed by atoms with van der Waals surface area (Å²) in [6.45, 7) is 11.9. The molecular formula is C11H23N. The molecule has 1 aliphatic rings. The Morgan fingerprint density at radius 3 is 2.42 bits per heavy atom. The van der Waals surface area contributed by atoms with E-state index in [1.165, 1.54) is 25.9 Å². The lowest BCUT2D eigenvalue weighted by Crippen LogP contribution is -2.37. The van der Waals surface area contributed by atoms with Crippen molar-refractivity contribution in [1.82, 2.24) is 5.32 Å². The minimum atomic E-state index is 0.476. The molecule has 0 aromatic carbocycles. The summed E-state index contributed by atoms with van der Waals surface area (Å²) in [5.74, 6) is 1.74. The maximum atomic E-state index is 3.49. The molecule has 0 aromatic rings. The van der Waals surface area contributed by atoms with Crippen molar-refractivity contribution in [2.45, 2.75) is 40.5 Å². The molecule has 0 radical (unpaired) electrons. The van der Waals surface area contributed by atoms with Crippen LogP contribution >= 0.6 is 0 Å². The van der Waals surface area contributed by atoms with Gasteiger partial charge in [-0.2, -0.15) is 0 Å². The maximum absolute atomic E-state index is 3.49. The third-order valence-corrected chi connectivity index (χ3v) is 3.41. The SMILES string of the molecule is CC(C1CCCNC1)C(C)(C)C. The average molecular weight is 169 g/mol. The van der Waals surface area contributed by atoms with Crippen molar-refractivity contribution in [2.24, 2.45) is 17.3 Å². The standard InChI is InChI=1S/C11H23N/c1-9(11(2,3)4)10-6-5-7-12-8-10/h9-10,12H,5-8H2,1-4H3. The zero-order chi connectivity index (χ0) is 9.19. The Labute approximate surface area is 76.9 Å². The van der Waals surface area contributed by atoms with E-state index in [2.05, 4.69) is 33.0 Å². The van der Waals surface area contributed by atoms with Crippen LogP contribution in [-0.4, -0.2) is 13.1 Å². The molecule has 0 bridgehead atoms. The summed E-state index contributed by atoms with van der Waals surface area (Å²) >= 11 is 0. The Hall–Kier alpha value is -0.0400. The second-order valence-electron chi connectivity index (χ2n) is 5.26. The van der Waals surface area contributed by atoms with Gasteiger partial charge in [0.1, 0.15) is 0 Å². The number of rotatable bonds is 1. The van der Waals surface area contributed by atoms with Crippen molar-refractivity contribution in [3.63, 3.8) is 0 Å². The molecule has 1 N–H and O–H groups in total. The van der Waals surface area contributed by atoms with E-state index in [1.54, 1.807) is 0 Å². The van der Waals surface area contributed by atoms with E-state index in [4.69, 9.17) is 0 Å². The van der Waals surface area contributed by atoms with Crippen molar-refractivity contribution < 1.29 is 0 Å². The Morgan fingerprint density at radius 2 is 2.00 bits per heavy atom. The van der Waals surface area contributed by atoms with Crippen molar-refractivity contribution in [1.29, 1.82) is 0 Å². The van der Waals surface area contributed by atoms with Gasteiger partial charge in [-0.25, -0.2) is 0 Å². The molecule has 2 unspecified atom stereocenters. The van der Waals surface area contributed by atoms with Crippen LogP contribution in [0.2, 0.25) is 0 Å². The van der Waals surface area contributed by atoms with E-state index in [0.717, 1.165) is 11.8 Å². The summed E-state index contributed by atoms with van der Waals surface area (Å²) in [4.78, 5) is 0. The van der Waals surface area contributed by atoms with Crippen LogP contribution in [0.15, 0.2) is 0 Å². The molecule has 2 atom stereocenters. The predicted molar refractivity (Wildman–Crippen MR) is 54.2 cm³/mol. The highest BCUT2D eigenvalue weighted by Crippen LogP contribution is 2.34. The van der Waals surface area contributed by atoms with Crippen LogP contribution in [0.4, 0.5) is 0 Å². The topological polar surface area (TPSA) is 12.0 Å². The van der Waals surface area contributed by atoms with Crippen LogP contribution in [0.1, 0.15) is 40.5 Å². The van der Waals surface area contributed by atoms with E-state index >= 15 is 0 Å². The molecule has 1 nitrogen and oxygen atoms in total. The molecule has 1 heterocycles. The van der Waals surface area contributed by atoms with Crippen molar-refractivity contribution in [2.75, 3.05) is 13.1 Å². The van der Waals surface area contributed by atoms with Crippen LogP contribution in [0.25, 0.3) is 0 Å². The molecule has 12 heavy (non-hydrogen) atoms. The van der Waals surface area contributed by atoms with Gasteiger partial charge in [0.25, 0.3) is 0 Å². The smallest absolute Gasteiger partial charge is 0.00178 e. The second kappa shape index (κ2) is 3.78. The fraction of sp³-hybridized carbons (Fsp3) is 1.00. The molecule has 0 aliphatic carbocycles. The summed E-state index contributed by atoms with van der Waals surface area (Å²) in [5.41, 5.74) is 0.476. The van der Waals surface area contributed by atoms with E-state index in [-0.39, 0.29) is 0 Å². The largest absolute Gasteiger partial charge is 0.316 e. The Bertz CT molecular complexity index is 128. The van der Waals surface area contributed by atoms with Gasteiger partial charge >= 0.3 is 0 Å². The van der Waals surface area contributed by atoms with Gasteiger partial charge in [0, 0.05) is 0 Å². The van der Waals surface area contributed by atoms with Crippen LogP contribution in [-0.2, 0) is 0 Å². The first-order chi connectivity index (χ1) is 5.52. The van der Waals surface area contributed by atoms with Crippen molar-refractivity contribution in [3.05, 3.63) is 0 Å². The van der Waals surface area contributed by atoms with Gasteiger partial charge in [0.15, 0.2) is 0 Å². The van der Waals surface area contributed by atoms with Crippen LogP contribution in [0.3, 0.4) is 0 Å². The molecule has 1 aliphatic heterocycles. The lowest BCUT2D eigenvalue weighted by Gasteiger charge is -2.36. The van der Waals surface area contributed by atoms with Crippen molar-refractivity contribution in [3.8, 4) is 0 Å². The van der Waals surface area contributed by atoms with Crippen LogP contribution in [0, 0.1) is 17.3 Å². The van der Waals surface area contributed by atoms with Gasteiger partial charge in [0.05, 0.1) is 0 Å². The summed E-state index contributed by atoms with van der Waals surface area (Å²) in [5, 5.41) is 3.49. The maximum Gasteiger partial charge on any atom is -0.00178 e. The van der Waals surface area contributed by atoms with Gasteiger partial charge in [-0.05, 0) is 43.2 Å². The summed E-state index contributed by atoms with van der Waals surface area (Å²) in [6, 6.07) is 0. The van der Waals surface area contributed by atoms with Crippen LogP contribution < -0.4 is 5.32 Å². The molecule has 0 spiro atoms. The number of hydrogen-bond acceptors (Lipinski definition) is 1. The molecule has 1 heteroatoms. The number of hydrogen-bond donors (Lipinski definition) is 1. The first kappa shape index (κ1) is 10.0. The van der Waals surface area contributed by atoms with E-state index in [9.17, 15) is 0 Å². The first-order valence-corrected chi connectivity index (χ1v) is 5.22. The Kier molecular flexibility index (Phi) is 3.16. The summed E-state index contributed by atoms with van der Waals surface area (Å²) in [6.07, 6.45) is 2.79. The third-order valence-electron chi connectivity index (χ3n) is 3.41. The molecule has 0 saturated carbocycles. The molecule has 0 amide bonds. The first-order valence-electron chi connectivity index (χ1n) is 5.22. The molecule has 1 fully saturated rings. The molecule has 72 valence electrons. The van der Waals surface area contributed by atoms with Gasteiger partial charge in [-0.3, -0.25) is 0 Å². The average Bonchev–Trinajstić information content (AvgIpc) is 2.03. The highest BCUT2D eigenvalue weighted by Gasteiger charge is 2.28. The van der Waals surface area contributed by atoms with E-state index in [0.29, 0.717) is 5.41 Å². The van der Waals surface area contributed by atoms with Gasteiger partial charge in [-0.1, -0.05) is 27.7 Å². The monoisotopic (exact) mass is 169 g/mol. The highest BCUT2D eigenvalue weighted by atomic mass is 14.9. The zero-order valence-corrected chi connectivity index (χ0v) is 8.98. The number of nitrogens with one attached hydrogen (secondary N) is 1. The van der Waals surface area contributed by atoms with Gasteiger partial charge < -0.3 is 5.32 Å². The highest BCUT2D eigenvalue weighted by molar-refractivity contribution is 4.80. The van der Waals surface area contributed by atoms with E-state index < -0.39 is 0 Å². The fourth-order valence-corrected chi connectivity index (χ4v) is 2.01. The van der Waals surface area contributed by atoms with E-state index in [1.807, 2.05) is 0 Å². The summed E-state index contributed by atoms with van der Waals surface area (Å²) < 4.78 is 0. The quantitative estimate of drug-likeness (QED) is 0.636. The predicted octanol–water partition coefficient (Wildman–Crippen LogP) is 2.67. The van der Waals surface area contributed by atoms with Gasteiger partial charge in [-0.15, -0.1) is 0 Å². The molecular weight excluding hydrogens is 146 g/mol. The fourth-order valence-electron chi connectivity index (χ4n) is 2.01. The minimum Gasteiger partial charge on any atom is -0.316 e. The second-order valence-corrected chi connectivity index (χ2v) is 5.26. The van der Waals surface area contributed by atoms with Crippen LogP contribution in [0.5, 0.6) is 0 Å². The lowest BCUT2D eigenvalue weighted by molar-refractivity contribution is 0.150. The summed E-state index contributed by atoms with van der Waals surface area (Å²) in [7, 11) is 0. The van der Waals surface area contributed by atoms with Gasteiger partial charge in [0.2, 0.25) is 0 Å². The molecule has 1 rings (SSSR count). The Morgan fingerprint density at radius 1 is 1.33 bits per heavy atom. The normalized spacial score (nSPS) is 28.5. The molecule has 0 aromatic heterocycles. The lowest BCUT2D eigenvalue weighted by atomic mass is 9.72. The number of piperidine rings is 1.